The molecular weight excluding hydrogens is 178 g/mol. The molecule has 0 aromatic rings. The lowest BCUT2D eigenvalue weighted by atomic mass is 9.70. The second kappa shape index (κ2) is 3.52. The van der Waals surface area contributed by atoms with Crippen LogP contribution in [-0.4, -0.2) is 23.4 Å². The van der Waals surface area contributed by atoms with Crippen LogP contribution < -0.4 is 0 Å². The molecule has 2 rings (SSSR count). The van der Waals surface area contributed by atoms with Crippen LogP contribution >= 0.6 is 0 Å². The highest BCUT2D eigenvalue weighted by Crippen LogP contribution is 2.50. The monoisotopic (exact) mass is 195 g/mol. The van der Waals surface area contributed by atoms with Crippen molar-refractivity contribution in [3.63, 3.8) is 0 Å². The zero-order valence-corrected chi connectivity index (χ0v) is 8.57. The van der Waals surface area contributed by atoms with Gasteiger partial charge in [-0.15, -0.1) is 0 Å². The lowest BCUT2D eigenvalue weighted by molar-refractivity contribution is 0.000351. The molecule has 2 saturated heterocycles. The summed E-state index contributed by atoms with van der Waals surface area (Å²) in [7, 11) is 0. The number of rotatable bonds is 3. The molecule has 2 bridgehead atoms. The van der Waals surface area contributed by atoms with Gasteiger partial charge >= 0.3 is 0 Å². The maximum atomic E-state index is 10.0. The van der Waals surface area contributed by atoms with Crippen molar-refractivity contribution in [1.29, 1.82) is 5.26 Å². The average Bonchev–Trinajstić information content (AvgIpc) is 2.77. The normalized spacial score (nSPS) is 42.4. The van der Waals surface area contributed by atoms with Gasteiger partial charge < -0.3 is 9.84 Å². The van der Waals surface area contributed by atoms with Gasteiger partial charge in [0.05, 0.1) is 24.4 Å². The summed E-state index contributed by atoms with van der Waals surface area (Å²) in [6, 6.07) is 2.32. The Hall–Kier alpha value is -0.590. The van der Waals surface area contributed by atoms with E-state index < -0.39 is 11.5 Å². The topological polar surface area (TPSA) is 53.2 Å². The Balaban J connectivity index is 2.15. The standard InChI is InChI=1S/C11H17NO2/c1-2-3-9(13)11(7-12)6-8-4-5-10(11)14-8/h8-10,13H,2-6H2,1H3. The van der Waals surface area contributed by atoms with E-state index in [9.17, 15) is 10.4 Å². The first-order valence-electron chi connectivity index (χ1n) is 5.47. The molecule has 0 spiro atoms. The van der Waals surface area contributed by atoms with Crippen molar-refractivity contribution < 1.29 is 9.84 Å². The van der Waals surface area contributed by atoms with Gasteiger partial charge in [0.15, 0.2) is 0 Å². The average molecular weight is 195 g/mol. The van der Waals surface area contributed by atoms with Crippen molar-refractivity contribution in [2.75, 3.05) is 0 Å². The molecule has 2 aliphatic rings. The maximum absolute atomic E-state index is 10.0. The van der Waals surface area contributed by atoms with Gasteiger partial charge in [-0.05, 0) is 25.7 Å². The molecule has 14 heavy (non-hydrogen) atoms. The van der Waals surface area contributed by atoms with Crippen LogP contribution in [0.4, 0.5) is 0 Å². The molecule has 78 valence electrons. The van der Waals surface area contributed by atoms with Crippen LogP contribution in [0, 0.1) is 16.7 Å². The van der Waals surface area contributed by atoms with Crippen molar-refractivity contribution in [3.8, 4) is 6.07 Å². The molecule has 4 unspecified atom stereocenters. The van der Waals surface area contributed by atoms with E-state index in [1.54, 1.807) is 0 Å². The Bertz CT molecular complexity index is 261. The van der Waals surface area contributed by atoms with E-state index in [4.69, 9.17) is 4.74 Å². The van der Waals surface area contributed by atoms with E-state index in [1.807, 2.05) is 6.92 Å². The zero-order valence-electron chi connectivity index (χ0n) is 8.57. The summed E-state index contributed by atoms with van der Waals surface area (Å²) in [5.41, 5.74) is -0.598. The molecule has 0 amide bonds. The third kappa shape index (κ3) is 1.25. The van der Waals surface area contributed by atoms with Gasteiger partial charge in [0.2, 0.25) is 0 Å². The molecule has 3 nitrogen and oxygen atoms in total. The maximum Gasteiger partial charge on any atom is 0.112 e. The first kappa shape index (κ1) is 9.95. The SMILES string of the molecule is CCCC(O)C1(C#N)CC2CCC1O2. The molecule has 0 radical (unpaired) electrons. The number of fused-ring (bicyclic) bond motifs is 2. The van der Waals surface area contributed by atoms with Crippen LogP contribution in [0.15, 0.2) is 0 Å². The van der Waals surface area contributed by atoms with Crippen molar-refractivity contribution in [3.05, 3.63) is 0 Å². The highest BCUT2D eigenvalue weighted by molar-refractivity contribution is 5.15. The highest BCUT2D eigenvalue weighted by atomic mass is 16.5. The van der Waals surface area contributed by atoms with Crippen LogP contribution in [0.3, 0.4) is 0 Å². The Morgan fingerprint density at radius 3 is 2.86 bits per heavy atom. The van der Waals surface area contributed by atoms with Gasteiger partial charge in [-0.2, -0.15) is 5.26 Å². The molecule has 2 fully saturated rings. The van der Waals surface area contributed by atoms with E-state index in [0.29, 0.717) is 6.42 Å². The van der Waals surface area contributed by atoms with Crippen molar-refractivity contribution in [1.82, 2.24) is 0 Å². The predicted molar refractivity (Wildman–Crippen MR) is 51.5 cm³/mol. The Morgan fingerprint density at radius 2 is 2.43 bits per heavy atom. The fourth-order valence-electron chi connectivity index (χ4n) is 2.82. The number of hydrogen-bond donors (Lipinski definition) is 1. The highest BCUT2D eigenvalue weighted by Gasteiger charge is 2.56. The summed E-state index contributed by atoms with van der Waals surface area (Å²) >= 11 is 0. The van der Waals surface area contributed by atoms with Gasteiger partial charge in [0, 0.05) is 0 Å². The van der Waals surface area contributed by atoms with Crippen LogP contribution in [-0.2, 0) is 4.74 Å². The molecule has 1 N–H and O–H groups in total. The second-order valence-corrected chi connectivity index (χ2v) is 4.48. The molecule has 2 heterocycles. The summed E-state index contributed by atoms with van der Waals surface area (Å²) in [5, 5.41) is 19.3. The van der Waals surface area contributed by atoms with Crippen LogP contribution in [0.2, 0.25) is 0 Å². The quantitative estimate of drug-likeness (QED) is 0.744. The minimum atomic E-state index is -0.598. The summed E-state index contributed by atoms with van der Waals surface area (Å²) in [6.07, 6.45) is 4.07. The van der Waals surface area contributed by atoms with Crippen LogP contribution in [0.25, 0.3) is 0 Å². The summed E-state index contributed by atoms with van der Waals surface area (Å²) in [4.78, 5) is 0. The molecule has 2 aliphatic heterocycles. The van der Waals surface area contributed by atoms with E-state index >= 15 is 0 Å². The fourth-order valence-corrected chi connectivity index (χ4v) is 2.82. The number of nitrogens with zero attached hydrogens (tertiary/aromatic N) is 1. The minimum Gasteiger partial charge on any atom is -0.391 e. The van der Waals surface area contributed by atoms with Crippen LogP contribution in [0.5, 0.6) is 0 Å². The van der Waals surface area contributed by atoms with Crippen molar-refractivity contribution >= 4 is 0 Å². The zero-order chi connectivity index (χ0) is 10.2. The smallest absolute Gasteiger partial charge is 0.112 e. The first-order chi connectivity index (χ1) is 6.73. The summed E-state index contributed by atoms with van der Waals surface area (Å²) in [6.45, 7) is 2.03. The number of aliphatic hydroxyl groups is 1. The van der Waals surface area contributed by atoms with Crippen LogP contribution in [0.1, 0.15) is 39.0 Å². The third-order valence-electron chi connectivity index (χ3n) is 3.61. The fraction of sp³-hybridized carbons (Fsp3) is 0.909. The molecule has 0 aromatic heterocycles. The van der Waals surface area contributed by atoms with E-state index in [2.05, 4.69) is 6.07 Å². The van der Waals surface area contributed by atoms with Gasteiger partial charge in [0.25, 0.3) is 0 Å². The molecular formula is C11H17NO2. The predicted octanol–water partition coefficient (Wildman–Crippen LogP) is 1.61. The van der Waals surface area contributed by atoms with E-state index in [0.717, 1.165) is 25.7 Å². The Labute approximate surface area is 84.7 Å². The van der Waals surface area contributed by atoms with E-state index in [-0.39, 0.29) is 12.2 Å². The molecule has 0 aromatic carbocycles. The first-order valence-corrected chi connectivity index (χ1v) is 5.47. The number of aliphatic hydroxyl groups excluding tert-OH is 1. The minimum absolute atomic E-state index is 0.0148. The van der Waals surface area contributed by atoms with Crippen molar-refractivity contribution in [2.24, 2.45) is 5.41 Å². The Kier molecular flexibility index (Phi) is 2.50. The molecule has 0 saturated carbocycles. The number of nitriles is 1. The molecule has 4 atom stereocenters. The Morgan fingerprint density at radius 1 is 1.64 bits per heavy atom. The third-order valence-corrected chi connectivity index (χ3v) is 3.61. The largest absolute Gasteiger partial charge is 0.391 e. The second-order valence-electron chi connectivity index (χ2n) is 4.48. The van der Waals surface area contributed by atoms with Gasteiger partial charge in [-0.3, -0.25) is 0 Å². The molecule has 0 aliphatic carbocycles. The lowest BCUT2D eigenvalue weighted by Crippen LogP contribution is -2.42. The molecule has 3 heteroatoms. The van der Waals surface area contributed by atoms with Gasteiger partial charge in [-0.25, -0.2) is 0 Å². The van der Waals surface area contributed by atoms with E-state index in [1.165, 1.54) is 0 Å². The van der Waals surface area contributed by atoms with Gasteiger partial charge in [-0.1, -0.05) is 13.3 Å². The lowest BCUT2D eigenvalue weighted by Gasteiger charge is -2.32. The van der Waals surface area contributed by atoms with Crippen molar-refractivity contribution in [2.45, 2.75) is 57.3 Å². The summed E-state index contributed by atoms with van der Waals surface area (Å²) < 4.78 is 5.66. The number of ether oxygens (including phenoxy) is 1. The van der Waals surface area contributed by atoms with Gasteiger partial charge in [0.1, 0.15) is 5.41 Å². The number of hydrogen-bond acceptors (Lipinski definition) is 3. The summed E-state index contributed by atoms with van der Waals surface area (Å²) in [5.74, 6) is 0.